The number of methoxy groups -OCH3 is 1. The third-order valence-electron chi connectivity index (χ3n) is 11.1. The SMILES string of the molecule is COC(=O)[C@@H]1Cc2ccc(OC(=O)OC(C)(C)C)c(c2)-c2cc(ccc2OCCBr)[C@H](N(C)C(=O)[C@H](CCCCNC(=O)OC(C)(C)C)NC(=O)c2ccc(-c3ccc(Cl)cc3)cc2)C(=O)N[C@@H](C)C(=O)N1. The second kappa shape index (κ2) is 25.1. The molecule has 0 unspecified atom stereocenters. The van der Waals surface area contributed by atoms with Crippen molar-refractivity contribution in [1.29, 1.82) is 0 Å². The summed E-state index contributed by atoms with van der Waals surface area (Å²) in [5.41, 5.74) is 1.73. The number of halogens is 2. The molecule has 19 heteroatoms. The topological polar surface area (TPSA) is 217 Å². The van der Waals surface area contributed by atoms with Crippen LogP contribution in [-0.2, 0) is 39.8 Å². The molecule has 1 aliphatic rings. The van der Waals surface area contributed by atoms with Crippen LogP contribution in [0.5, 0.6) is 11.5 Å². The normalized spacial score (nSPS) is 16.3. The van der Waals surface area contributed by atoms with E-state index in [2.05, 4.69) is 37.2 Å². The summed E-state index contributed by atoms with van der Waals surface area (Å²) in [5, 5.41) is 12.0. The summed E-state index contributed by atoms with van der Waals surface area (Å²) in [6, 6.07) is 18.5. The molecular weight excluding hydrogens is 1010 g/mol. The molecule has 17 nitrogen and oxygen atoms in total. The highest BCUT2D eigenvalue weighted by molar-refractivity contribution is 9.09. The standard InChI is InChI=1S/C53H63BrClN5O12/c1-31-45(61)59-41(49(65)68-9)29-32-13-23-43(70-51(67)72-53(5,6)7)38(28-32)39-30-36(20-24-42(39)69-27-25-54)44(47(63)57-31)60(8)48(64)40(12-10-11-26-56-50(66)71-52(2,3)4)58-46(62)35-16-14-33(15-17-35)34-18-21-37(55)22-19-34/h13-24,28,30-31,40-41,44H,10-12,25-27,29H2,1-9H3,(H,56,66)(H,57,63)(H,58,62)(H,59,61)/t31-,40-,41-,44-/m0/s1. The number of alkyl carbamates (subject to hydrolysis) is 1. The van der Waals surface area contributed by atoms with Crippen molar-refractivity contribution in [2.75, 3.05) is 32.6 Å². The number of carbonyl (C=O) groups excluding carboxylic acids is 7. The van der Waals surface area contributed by atoms with E-state index >= 15 is 4.79 Å². The van der Waals surface area contributed by atoms with Gasteiger partial charge in [-0.15, -0.1) is 0 Å². The van der Waals surface area contributed by atoms with E-state index < -0.39 is 77.2 Å². The van der Waals surface area contributed by atoms with Gasteiger partial charge in [-0.25, -0.2) is 14.4 Å². The number of rotatable bonds is 15. The summed E-state index contributed by atoms with van der Waals surface area (Å²) in [5.74, 6) is -3.16. The monoisotopic (exact) mass is 1080 g/mol. The van der Waals surface area contributed by atoms with Crippen molar-refractivity contribution in [3.05, 3.63) is 107 Å². The van der Waals surface area contributed by atoms with Crippen LogP contribution in [0.25, 0.3) is 22.3 Å². The molecular formula is C53H63BrClN5O12. The Hall–Kier alpha value is -6.66. The number of benzene rings is 4. The van der Waals surface area contributed by atoms with E-state index in [0.29, 0.717) is 40.1 Å². The highest BCUT2D eigenvalue weighted by atomic mass is 79.9. The Labute approximate surface area is 433 Å². The lowest BCUT2D eigenvalue weighted by Gasteiger charge is -2.32. The van der Waals surface area contributed by atoms with Gasteiger partial charge >= 0.3 is 18.2 Å². The second-order valence-electron chi connectivity index (χ2n) is 19.1. The molecule has 0 aromatic heterocycles. The smallest absolute Gasteiger partial charge is 0.492 e. The predicted molar refractivity (Wildman–Crippen MR) is 275 cm³/mol. The Kier molecular flexibility index (Phi) is 19.6. The molecule has 4 aromatic carbocycles. The Morgan fingerprint density at radius 1 is 0.806 bits per heavy atom. The quantitative estimate of drug-likeness (QED) is 0.0290. The van der Waals surface area contributed by atoms with E-state index in [1.54, 1.807) is 108 Å². The van der Waals surface area contributed by atoms with Gasteiger partial charge in [0, 0.05) is 47.1 Å². The number of alkyl halides is 1. The van der Waals surface area contributed by atoms with Crippen molar-refractivity contribution in [2.24, 2.45) is 0 Å². The van der Waals surface area contributed by atoms with Gasteiger partial charge in [0.05, 0.1) is 13.7 Å². The average Bonchev–Trinajstić information content (AvgIpc) is 3.31. The summed E-state index contributed by atoms with van der Waals surface area (Å²) in [4.78, 5) is 97.6. The van der Waals surface area contributed by atoms with Crippen LogP contribution in [0.15, 0.2) is 84.9 Å². The van der Waals surface area contributed by atoms with Crippen molar-refractivity contribution in [2.45, 2.75) is 110 Å². The van der Waals surface area contributed by atoms with Crippen molar-refractivity contribution < 1.29 is 57.2 Å². The first-order chi connectivity index (χ1) is 34.0. The Morgan fingerprint density at radius 3 is 2.06 bits per heavy atom. The lowest BCUT2D eigenvalue weighted by Crippen LogP contribution is -2.55. The fourth-order valence-electron chi connectivity index (χ4n) is 7.65. The molecule has 0 saturated heterocycles. The number of esters is 1. The largest absolute Gasteiger partial charge is 0.514 e. The van der Waals surface area contributed by atoms with Crippen molar-refractivity contribution >= 4 is 69.4 Å². The third kappa shape index (κ3) is 16.2. The molecule has 72 heavy (non-hydrogen) atoms. The van der Waals surface area contributed by atoms with E-state index in [1.807, 2.05) is 12.1 Å². The number of amides is 5. The number of unbranched alkanes of at least 4 members (excludes halogenated alkanes) is 1. The summed E-state index contributed by atoms with van der Waals surface area (Å²) in [7, 11) is 2.59. The minimum absolute atomic E-state index is 0.0313. The number of fused-ring (bicyclic) bond motifs is 5. The van der Waals surface area contributed by atoms with Crippen LogP contribution >= 0.6 is 27.5 Å². The number of hydrogen-bond acceptors (Lipinski definition) is 12. The van der Waals surface area contributed by atoms with Gasteiger partial charge in [-0.05, 0) is 139 Å². The molecule has 0 radical (unpaired) electrons. The van der Waals surface area contributed by atoms with Crippen LogP contribution < -0.4 is 30.7 Å². The van der Waals surface area contributed by atoms with Crippen LogP contribution in [0.1, 0.15) is 95.3 Å². The first-order valence-electron chi connectivity index (χ1n) is 23.4. The third-order valence-corrected chi connectivity index (χ3v) is 11.6. The fraction of sp³-hybridized carbons (Fsp3) is 0.415. The number of ether oxygens (including phenoxy) is 5. The van der Waals surface area contributed by atoms with Crippen LogP contribution in [0.2, 0.25) is 5.02 Å². The highest BCUT2D eigenvalue weighted by Crippen LogP contribution is 2.41. The second-order valence-corrected chi connectivity index (χ2v) is 20.3. The number of nitrogens with one attached hydrogen (secondary N) is 4. The van der Waals surface area contributed by atoms with Crippen molar-refractivity contribution in [3.63, 3.8) is 0 Å². The summed E-state index contributed by atoms with van der Waals surface area (Å²) >= 11 is 9.50. The highest BCUT2D eigenvalue weighted by Gasteiger charge is 2.36. The molecule has 4 atom stereocenters. The lowest BCUT2D eigenvalue weighted by molar-refractivity contribution is -0.145. The lowest BCUT2D eigenvalue weighted by atomic mass is 9.93. The average molecular weight is 1080 g/mol. The zero-order valence-corrected chi connectivity index (χ0v) is 44.3. The Balaban J connectivity index is 1.59. The van der Waals surface area contributed by atoms with Crippen LogP contribution in [-0.4, -0.2) is 109 Å². The Bertz CT molecular complexity index is 2600. The minimum atomic E-state index is -1.47. The van der Waals surface area contributed by atoms with Crippen molar-refractivity contribution in [3.8, 4) is 33.8 Å². The van der Waals surface area contributed by atoms with Gasteiger partial charge in [0.2, 0.25) is 17.7 Å². The molecule has 4 aromatic rings. The van der Waals surface area contributed by atoms with E-state index in [4.69, 9.17) is 35.3 Å². The van der Waals surface area contributed by atoms with Crippen molar-refractivity contribution in [1.82, 2.24) is 26.2 Å². The van der Waals surface area contributed by atoms with Gasteiger partial charge in [-0.1, -0.05) is 63.9 Å². The van der Waals surface area contributed by atoms with Gasteiger partial charge in [0.25, 0.3) is 5.91 Å². The van der Waals surface area contributed by atoms with E-state index in [1.165, 1.54) is 32.0 Å². The molecule has 0 spiro atoms. The van der Waals surface area contributed by atoms with Crippen LogP contribution in [0.3, 0.4) is 0 Å². The Morgan fingerprint density at radius 2 is 1.43 bits per heavy atom. The van der Waals surface area contributed by atoms with Gasteiger partial charge in [-0.3, -0.25) is 19.2 Å². The van der Waals surface area contributed by atoms with Crippen LogP contribution in [0, 0.1) is 0 Å². The summed E-state index contributed by atoms with van der Waals surface area (Å²) < 4.78 is 27.9. The molecule has 4 bridgehead atoms. The van der Waals surface area contributed by atoms with Gasteiger partial charge in [-0.2, -0.15) is 0 Å². The number of likely N-dealkylation sites (N-methyl/N-ethyl adjacent to an activating group) is 1. The maximum Gasteiger partial charge on any atom is 0.514 e. The van der Waals surface area contributed by atoms with Crippen LogP contribution in [0.4, 0.5) is 9.59 Å². The number of nitrogens with zero attached hydrogens (tertiary/aromatic N) is 1. The van der Waals surface area contributed by atoms with E-state index in [0.717, 1.165) is 11.1 Å². The molecule has 1 heterocycles. The van der Waals surface area contributed by atoms with Gasteiger partial charge < -0.3 is 49.9 Å². The maximum absolute atomic E-state index is 15.1. The number of carbonyl (C=O) groups is 7. The summed E-state index contributed by atoms with van der Waals surface area (Å²) in [6.45, 7) is 12.1. The molecule has 386 valence electrons. The molecule has 0 saturated carbocycles. The maximum atomic E-state index is 15.1. The number of hydrogen-bond donors (Lipinski definition) is 4. The minimum Gasteiger partial charge on any atom is -0.492 e. The molecule has 0 aliphatic carbocycles. The molecule has 1 aliphatic heterocycles. The molecule has 0 fully saturated rings. The summed E-state index contributed by atoms with van der Waals surface area (Å²) in [6.07, 6.45) is -0.857. The van der Waals surface area contributed by atoms with E-state index in [-0.39, 0.29) is 48.4 Å². The molecule has 4 N–H and O–H groups in total. The first-order valence-corrected chi connectivity index (χ1v) is 24.9. The zero-order chi connectivity index (χ0) is 52.9. The molecule has 5 amide bonds. The predicted octanol–water partition coefficient (Wildman–Crippen LogP) is 8.47. The van der Waals surface area contributed by atoms with E-state index in [9.17, 15) is 28.8 Å². The zero-order valence-electron chi connectivity index (χ0n) is 41.9. The van der Waals surface area contributed by atoms with Gasteiger partial charge in [0.15, 0.2) is 0 Å². The first kappa shape index (κ1) is 56.3. The molecule has 5 rings (SSSR count). The fourth-order valence-corrected chi connectivity index (χ4v) is 7.94. The van der Waals surface area contributed by atoms with Gasteiger partial charge in [0.1, 0.15) is 46.9 Å².